The van der Waals surface area contributed by atoms with Gasteiger partial charge in [0.25, 0.3) is 0 Å². The van der Waals surface area contributed by atoms with Crippen LogP contribution in [0, 0.1) is 12.3 Å². The Labute approximate surface area is 109 Å². The van der Waals surface area contributed by atoms with Crippen LogP contribution in [0.1, 0.15) is 63.1 Å². The summed E-state index contributed by atoms with van der Waals surface area (Å²) in [6, 6.07) is 0. The zero-order valence-corrected chi connectivity index (χ0v) is 11.1. The van der Waals surface area contributed by atoms with Crippen molar-refractivity contribution in [1.82, 2.24) is 10.1 Å². The molecule has 101 valence electrons. The highest BCUT2D eigenvalue weighted by Gasteiger charge is 2.17. The molecule has 0 bridgehead atoms. The third-order valence-electron chi connectivity index (χ3n) is 3.66. The molecule has 18 heavy (non-hydrogen) atoms. The van der Waals surface area contributed by atoms with Crippen molar-refractivity contribution in [3.05, 3.63) is 18.1 Å². The molecule has 4 nitrogen and oxygen atoms in total. The molecule has 0 spiro atoms. The SMILES string of the molecule is NCCCC[CH]c1nc(CC2CCCCC2)no1. The van der Waals surface area contributed by atoms with Gasteiger partial charge < -0.3 is 10.3 Å². The number of rotatable bonds is 7. The van der Waals surface area contributed by atoms with Crippen LogP contribution in [0.3, 0.4) is 0 Å². The molecule has 0 aliphatic heterocycles. The smallest absolute Gasteiger partial charge is 0.230 e. The fraction of sp³-hybridized carbons (Fsp3) is 0.786. The van der Waals surface area contributed by atoms with Crippen LogP contribution in [0.4, 0.5) is 0 Å². The molecule has 2 N–H and O–H groups in total. The summed E-state index contributed by atoms with van der Waals surface area (Å²) in [4.78, 5) is 4.44. The molecule has 0 unspecified atom stereocenters. The first-order valence-electron chi connectivity index (χ1n) is 7.24. The van der Waals surface area contributed by atoms with Crippen LogP contribution in [0.15, 0.2) is 4.52 Å². The van der Waals surface area contributed by atoms with Crippen LogP contribution in [0.25, 0.3) is 0 Å². The predicted octanol–water partition coefficient (Wildman–Crippen LogP) is 2.87. The van der Waals surface area contributed by atoms with E-state index >= 15 is 0 Å². The highest BCUT2D eigenvalue weighted by molar-refractivity contribution is 4.98. The van der Waals surface area contributed by atoms with Gasteiger partial charge in [-0.3, -0.25) is 0 Å². The third kappa shape index (κ3) is 4.41. The zero-order valence-electron chi connectivity index (χ0n) is 11.1. The molecule has 1 saturated carbocycles. The van der Waals surface area contributed by atoms with Gasteiger partial charge in [-0.1, -0.05) is 43.7 Å². The topological polar surface area (TPSA) is 64.9 Å². The normalized spacial score (nSPS) is 17.2. The molecule has 0 atom stereocenters. The van der Waals surface area contributed by atoms with Crippen molar-refractivity contribution in [1.29, 1.82) is 0 Å². The van der Waals surface area contributed by atoms with Crippen molar-refractivity contribution in [3.63, 3.8) is 0 Å². The van der Waals surface area contributed by atoms with Crippen molar-refractivity contribution in [2.75, 3.05) is 6.54 Å². The first kappa shape index (κ1) is 13.5. The van der Waals surface area contributed by atoms with Gasteiger partial charge in [-0.25, -0.2) is 0 Å². The Bertz CT molecular complexity index is 332. The molecule has 4 heteroatoms. The number of nitrogens with two attached hydrogens (primary N) is 1. The first-order chi connectivity index (χ1) is 8.88. The summed E-state index contributed by atoms with van der Waals surface area (Å²) in [6.07, 6.45) is 12.9. The summed E-state index contributed by atoms with van der Waals surface area (Å²) < 4.78 is 5.24. The monoisotopic (exact) mass is 250 g/mol. The molecular weight excluding hydrogens is 226 g/mol. The summed E-state index contributed by atoms with van der Waals surface area (Å²) in [6.45, 7) is 0.755. The van der Waals surface area contributed by atoms with Crippen LogP contribution in [0.5, 0.6) is 0 Å². The predicted molar refractivity (Wildman–Crippen MR) is 70.9 cm³/mol. The van der Waals surface area contributed by atoms with E-state index in [4.69, 9.17) is 10.3 Å². The largest absolute Gasteiger partial charge is 0.339 e. The lowest BCUT2D eigenvalue weighted by atomic mass is 9.87. The van der Waals surface area contributed by atoms with E-state index in [9.17, 15) is 0 Å². The van der Waals surface area contributed by atoms with Crippen LogP contribution >= 0.6 is 0 Å². The molecule has 0 aromatic carbocycles. The zero-order chi connectivity index (χ0) is 12.6. The molecule has 0 amide bonds. The Hall–Kier alpha value is -0.900. The van der Waals surface area contributed by atoms with Crippen LogP contribution in [-0.4, -0.2) is 16.7 Å². The summed E-state index contributed by atoms with van der Waals surface area (Å²) in [5.74, 6) is 2.33. The van der Waals surface area contributed by atoms with E-state index in [0.29, 0.717) is 5.89 Å². The maximum absolute atomic E-state index is 5.45. The van der Waals surface area contributed by atoms with Crippen molar-refractivity contribution >= 4 is 0 Å². The van der Waals surface area contributed by atoms with Gasteiger partial charge in [0.05, 0.1) is 6.42 Å². The molecule has 1 fully saturated rings. The lowest BCUT2D eigenvalue weighted by Gasteiger charge is -2.19. The molecule has 1 aromatic rings. The maximum Gasteiger partial charge on any atom is 0.230 e. The third-order valence-corrected chi connectivity index (χ3v) is 3.66. The van der Waals surface area contributed by atoms with E-state index in [0.717, 1.165) is 44.0 Å². The summed E-state index contributed by atoms with van der Waals surface area (Å²) >= 11 is 0. The fourth-order valence-corrected chi connectivity index (χ4v) is 2.60. The summed E-state index contributed by atoms with van der Waals surface area (Å²) in [5.41, 5.74) is 5.45. The van der Waals surface area contributed by atoms with E-state index in [1.165, 1.54) is 32.1 Å². The van der Waals surface area contributed by atoms with Gasteiger partial charge in [-0.05, 0) is 25.3 Å². The average molecular weight is 250 g/mol. The fourth-order valence-electron chi connectivity index (χ4n) is 2.60. The number of aromatic nitrogens is 2. The minimum absolute atomic E-state index is 0.679. The Morgan fingerprint density at radius 2 is 2.06 bits per heavy atom. The molecule has 1 aliphatic carbocycles. The van der Waals surface area contributed by atoms with Gasteiger partial charge in [0, 0.05) is 6.42 Å². The quantitative estimate of drug-likeness (QED) is 0.756. The second-order valence-electron chi connectivity index (χ2n) is 5.25. The van der Waals surface area contributed by atoms with Gasteiger partial charge in [0.2, 0.25) is 5.89 Å². The number of hydrogen-bond donors (Lipinski definition) is 1. The van der Waals surface area contributed by atoms with Gasteiger partial charge >= 0.3 is 0 Å². The Balaban J connectivity index is 1.71. The molecule has 0 saturated heterocycles. The summed E-state index contributed by atoms with van der Waals surface area (Å²) in [5, 5.41) is 4.07. The van der Waals surface area contributed by atoms with E-state index < -0.39 is 0 Å². The molecule has 1 radical (unpaired) electrons. The van der Waals surface area contributed by atoms with Crippen LogP contribution in [0.2, 0.25) is 0 Å². The maximum atomic E-state index is 5.45. The number of hydrogen-bond acceptors (Lipinski definition) is 4. The van der Waals surface area contributed by atoms with E-state index in [2.05, 4.69) is 10.1 Å². The Morgan fingerprint density at radius 1 is 1.22 bits per heavy atom. The van der Waals surface area contributed by atoms with Gasteiger partial charge in [-0.15, -0.1) is 0 Å². The summed E-state index contributed by atoms with van der Waals surface area (Å²) in [7, 11) is 0. The van der Waals surface area contributed by atoms with Crippen LogP contribution < -0.4 is 5.73 Å². The second kappa shape index (κ2) is 7.52. The highest BCUT2D eigenvalue weighted by atomic mass is 16.5. The molecule has 1 aliphatic rings. The van der Waals surface area contributed by atoms with Crippen molar-refractivity contribution < 1.29 is 4.52 Å². The van der Waals surface area contributed by atoms with Gasteiger partial charge in [0.1, 0.15) is 0 Å². The lowest BCUT2D eigenvalue weighted by Crippen LogP contribution is -2.10. The number of nitrogens with zero attached hydrogens (tertiary/aromatic N) is 2. The van der Waals surface area contributed by atoms with Crippen molar-refractivity contribution in [3.8, 4) is 0 Å². The van der Waals surface area contributed by atoms with E-state index in [1.54, 1.807) is 0 Å². The minimum atomic E-state index is 0.679. The van der Waals surface area contributed by atoms with Crippen molar-refractivity contribution in [2.45, 2.75) is 57.8 Å². The van der Waals surface area contributed by atoms with E-state index in [1.807, 2.05) is 6.42 Å². The van der Waals surface area contributed by atoms with Gasteiger partial charge in [-0.2, -0.15) is 4.98 Å². The molecule has 2 rings (SSSR count). The van der Waals surface area contributed by atoms with Crippen LogP contribution in [-0.2, 0) is 6.42 Å². The Morgan fingerprint density at radius 3 is 2.83 bits per heavy atom. The minimum Gasteiger partial charge on any atom is -0.339 e. The number of unbranched alkanes of at least 4 members (excludes halogenated alkanes) is 2. The Kier molecular flexibility index (Phi) is 5.65. The second-order valence-corrected chi connectivity index (χ2v) is 5.25. The van der Waals surface area contributed by atoms with Crippen molar-refractivity contribution in [2.24, 2.45) is 11.7 Å². The molecule has 1 heterocycles. The first-order valence-corrected chi connectivity index (χ1v) is 7.24. The molecule has 1 aromatic heterocycles. The molecular formula is C14H24N3O. The van der Waals surface area contributed by atoms with Gasteiger partial charge in [0.15, 0.2) is 5.82 Å². The van der Waals surface area contributed by atoms with E-state index in [-0.39, 0.29) is 0 Å². The lowest BCUT2D eigenvalue weighted by molar-refractivity contribution is 0.340. The highest BCUT2D eigenvalue weighted by Crippen LogP contribution is 2.26. The standard InChI is InChI=1S/C14H24N3O/c15-10-6-2-5-9-14-16-13(17-18-14)11-12-7-3-1-4-8-12/h9,12H,1-8,10-11,15H2. The average Bonchev–Trinajstić information content (AvgIpc) is 2.84.